The SMILES string of the molecule is O=C(O)[C@H]1NCCC1C1CCCCC1. The Morgan fingerprint density at radius 1 is 1.14 bits per heavy atom. The maximum Gasteiger partial charge on any atom is 0.320 e. The van der Waals surface area contributed by atoms with E-state index in [4.69, 9.17) is 5.11 Å². The first-order valence-corrected chi connectivity index (χ1v) is 5.75. The summed E-state index contributed by atoms with van der Waals surface area (Å²) < 4.78 is 0. The molecule has 1 aliphatic heterocycles. The molecule has 2 fully saturated rings. The standard InChI is InChI=1S/C11H19NO2/c13-11(14)10-9(6-7-12-10)8-4-2-1-3-5-8/h8-10,12H,1-7H2,(H,13,14)/t9?,10-/m0/s1. The van der Waals surface area contributed by atoms with E-state index < -0.39 is 5.97 Å². The third-order valence-corrected chi connectivity index (χ3v) is 3.79. The van der Waals surface area contributed by atoms with Gasteiger partial charge in [-0.05, 0) is 24.8 Å². The summed E-state index contributed by atoms with van der Waals surface area (Å²) in [5, 5.41) is 12.2. The van der Waals surface area contributed by atoms with Crippen LogP contribution in [0.2, 0.25) is 0 Å². The van der Waals surface area contributed by atoms with Gasteiger partial charge in [-0.1, -0.05) is 32.1 Å². The van der Waals surface area contributed by atoms with Crippen molar-refractivity contribution >= 4 is 5.97 Å². The fourth-order valence-corrected chi connectivity index (χ4v) is 3.06. The zero-order valence-electron chi connectivity index (χ0n) is 8.54. The van der Waals surface area contributed by atoms with E-state index >= 15 is 0 Å². The number of carbonyl (C=O) groups is 1. The quantitative estimate of drug-likeness (QED) is 0.707. The van der Waals surface area contributed by atoms with E-state index in [1.165, 1.54) is 32.1 Å². The lowest BCUT2D eigenvalue weighted by atomic mass is 9.77. The molecular weight excluding hydrogens is 178 g/mol. The average molecular weight is 197 g/mol. The van der Waals surface area contributed by atoms with E-state index in [0.717, 1.165) is 13.0 Å². The van der Waals surface area contributed by atoms with Gasteiger partial charge in [-0.2, -0.15) is 0 Å². The zero-order chi connectivity index (χ0) is 9.97. The third-order valence-electron chi connectivity index (χ3n) is 3.79. The van der Waals surface area contributed by atoms with Gasteiger partial charge in [0.05, 0.1) is 0 Å². The first kappa shape index (κ1) is 9.97. The predicted molar refractivity (Wildman–Crippen MR) is 54.1 cm³/mol. The van der Waals surface area contributed by atoms with Crippen LogP contribution in [0.4, 0.5) is 0 Å². The van der Waals surface area contributed by atoms with E-state index in [0.29, 0.717) is 11.8 Å². The number of carboxylic acids is 1. The molecule has 80 valence electrons. The molecule has 1 heterocycles. The molecule has 0 amide bonds. The topological polar surface area (TPSA) is 49.3 Å². The Labute approximate surface area is 84.9 Å². The summed E-state index contributed by atoms with van der Waals surface area (Å²) in [6.07, 6.45) is 7.49. The number of carboxylic acid groups (broad SMARTS) is 1. The molecule has 1 aliphatic carbocycles. The van der Waals surface area contributed by atoms with Crippen LogP contribution in [0.15, 0.2) is 0 Å². The van der Waals surface area contributed by atoms with Gasteiger partial charge in [-0.25, -0.2) is 0 Å². The molecule has 0 aromatic rings. The van der Waals surface area contributed by atoms with E-state index in [-0.39, 0.29) is 6.04 Å². The maximum atomic E-state index is 11.0. The van der Waals surface area contributed by atoms with Crippen molar-refractivity contribution in [2.24, 2.45) is 11.8 Å². The molecule has 0 spiro atoms. The van der Waals surface area contributed by atoms with Crippen LogP contribution in [0, 0.1) is 11.8 Å². The van der Waals surface area contributed by atoms with Gasteiger partial charge in [0, 0.05) is 0 Å². The second-order valence-corrected chi connectivity index (χ2v) is 4.62. The summed E-state index contributed by atoms with van der Waals surface area (Å²) in [5.41, 5.74) is 0. The minimum atomic E-state index is -0.655. The van der Waals surface area contributed by atoms with Gasteiger partial charge < -0.3 is 10.4 Å². The molecule has 0 aromatic carbocycles. The molecule has 3 nitrogen and oxygen atoms in total. The van der Waals surface area contributed by atoms with Crippen molar-refractivity contribution in [3.05, 3.63) is 0 Å². The number of aliphatic carboxylic acids is 1. The molecule has 2 atom stereocenters. The highest BCUT2D eigenvalue weighted by Gasteiger charge is 2.37. The minimum Gasteiger partial charge on any atom is -0.480 e. The van der Waals surface area contributed by atoms with E-state index in [1.807, 2.05) is 0 Å². The minimum absolute atomic E-state index is 0.266. The second-order valence-electron chi connectivity index (χ2n) is 4.62. The van der Waals surface area contributed by atoms with Gasteiger partial charge in [0.15, 0.2) is 0 Å². The van der Waals surface area contributed by atoms with Crippen LogP contribution in [0.3, 0.4) is 0 Å². The molecule has 3 heteroatoms. The fraction of sp³-hybridized carbons (Fsp3) is 0.909. The molecular formula is C11H19NO2. The zero-order valence-corrected chi connectivity index (χ0v) is 8.54. The van der Waals surface area contributed by atoms with Gasteiger partial charge in [-0.3, -0.25) is 4.79 Å². The van der Waals surface area contributed by atoms with E-state index in [1.54, 1.807) is 0 Å². The van der Waals surface area contributed by atoms with E-state index in [2.05, 4.69) is 5.32 Å². The van der Waals surface area contributed by atoms with Gasteiger partial charge in [0.2, 0.25) is 0 Å². The molecule has 1 saturated heterocycles. The molecule has 0 aromatic heterocycles. The lowest BCUT2D eigenvalue weighted by Gasteiger charge is -2.29. The van der Waals surface area contributed by atoms with Crippen LogP contribution >= 0.6 is 0 Å². The van der Waals surface area contributed by atoms with Gasteiger partial charge in [-0.15, -0.1) is 0 Å². The van der Waals surface area contributed by atoms with Gasteiger partial charge >= 0.3 is 5.97 Å². The monoisotopic (exact) mass is 197 g/mol. The summed E-state index contributed by atoms with van der Waals surface area (Å²) in [6.45, 7) is 0.887. The summed E-state index contributed by atoms with van der Waals surface area (Å²) in [4.78, 5) is 11.0. The Hall–Kier alpha value is -0.570. The molecule has 0 bridgehead atoms. The lowest BCUT2D eigenvalue weighted by molar-refractivity contribution is -0.140. The summed E-state index contributed by atoms with van der Waals surface area (Å²) in [7, 11) is 0. The van der Waals surface area contributed by atoms with Crippen LogP contribution in [0.25, 0.3) is 0 Å². The Balaban J connectivity index is 1.97. The smallest absolute Gasteiger partial charge is 0.320 e. The summed E-state index contributed by atoms with van der Waals surface area (Å²) in [5.74, 6) is 0.408. The molecule has 1 saturated carbocycles. The molecule has 1 unspecified atom stereocenters. The van der Waals surface area contributed by atoms with Crippen molar-refractivity contribution in [3.63, 3.8) is 0 Å². The van der Waals surface area contributed by atoms with Crippen LogP contribution in [0.5, 0.6) is 0 Å². The molecule has 2 rings (SSSR count). The molecule has 2 aliphatic rings. The lowest BCUT2D eigenvalue weighted by Crippen LogP contribution is -2.38. The van der Waals surface area contributed by atoms with Crippen molar-refractivity contribution in [2.45, 2.75) is 44.6 Å². The van der Waals surface area contributed by atoms with Crippen molar-refractivity contribution in [1.82, 2.24) is 5.32 Å². The first-order valence-electron chi connectivity index (χ1n) is 5.75. The van der Waals surface area contributed by atoms with Crippen molar-refractivity contribution < 1.29 is 9.90 Å². The van der Waals surface area contributed by atoms with Crippen LogP contribution < -0.4 is 5.32 Å². The van der Waals surface area contributed by atoms with Gasteiger partial charge in [0.25, 0.3) is 0 Å². The Morgan fingerprint density at radius 3 is 2.50 bits per heavy atom. The van der Waals surface area contributed by atoms with Gasteiger partial charge in [0.1, 0.15) is 6.04 Å². The normalized spacial score (nSPS) is 34.6. The van der Waals surface area contributed by atoms with Crippen molar-refractivity contribution in [2.75, 3.05) is 6.54 Å². The number of rotatable bonds is 2. The Bertz CT molecular complexity index is 211. The largest absolute Gasteiger partial charge is 0.480 e. The van der Waals surface area contributed by atoms with Crippen molar-refractivity contribution in [3.8, 4) is 0 Å². The Kier molecular flexibility index (Phi) is 3.06. The highest BCUT2D eigenvalue weighted by Crippen LogP contribution is 2.35. The number of nitrogens with one attached hydrogen (secondary N) is 1. The summed E-state index contributed by atoms with van der Waals surface area (Å²) >= 11 is 0. The molecule has 14 heavy (non-hydrogen) atoms. The van der Waals surface area contributed by atoms with Crippen LogP contribution in [-0.2, 0) is 4.79 Å². The van der Waals surface area contributed by atoms with Crippen LogP contribution in [-0.4, -0.2) is 23.7 Å². The molecule has 2 N–H and O–H groups in total. The summed E-state index contributed by atoms with van der Waals surface area (Å²) in [6, 6.07) is -0.266. The number of hydrogen-bond donors (Lipinski definition) is 2. The second kappa shape index (κ2) is 4.30. The first-order chi connectivity index (χ1) is 6.79. The Morgan fingerprint density at radius 2 is 1.86 bits per heavy atom. The fourth-order valence-electron chi connectivity index (χ4n) is 3.06. The number of hydrogen-bond acceptors (Lipinski definition) is 2. The highest BCUT2D eigenvalue weighted by molar-refractivity contribution is 5.74. The van der Waals surface area contributed by atoms with E-state index in [9.17, 15) is 4.79 Å². The highest BCUT2D eigenvalue weighted by atomic mass is 16.4. The van der Waals surface area contributed by atoms with Crippen LogP contribution in [0.1, 0.15) is 38.5 Å². The predicted octanol–water partition coefficient (Wildman–Crippen LogP) is 1.63. The third kappa shape index (κ3) is 1.92. The van der Waals surface area contributed by atoms with Crippen molar-refractivity contribution in [1.29, 1.82) is 0 Å². The average Bonchev–Trinajstić information content (AvgIpc) is 2.67. The molecule has 0 radical (unpaired) electrons. The maximum absolute atomic E-state index is 11.0.